The standard InChI is InChI=1S/C13H19Cl2NO2/c1-2-17-8-3-6-16-7-9-18-13-10-11(14)4-5-12(13)15/h4-5,10,16H,2-3,6-9H2,1H3. The molecule has 5 heteroatoms. The van der Waals surface area contributed by atoms with Gasteiger partial charge in [-0.1, -0.05) is 23.2 Å². The summed E-state index contributed by atoms with van der Waals surface area (Å²) in [5.41, 5.74) is 0. The molecule has 0 aliphatic carbocycles. The highest BCUT2D eigenvalue weighted by atomic mass is 35.5. The largest absolute Gasteiger partial charge is 0.491 e. The Hall–Kier alpha value is -0.480. The zero-order chi connectivity index (χ0) is 13.2. The molecule has 0 radical (unpaired) electrons. The summed E-state index contributed by atoms with van der Waals surface area (Å²) in [5, 5.41) is 4.47. The summed E-state index contributed by atoms with van der Waals surface area (Å²) in [4.78, 5) is 0. The van der Waals surface area contributed by atoms with Crippen LogP contribution in [0.25, 0.3) is 0 Å². The average Bonchev–Trinajstić information content (AvgIpc) is 2.36. The predicted molar refractivity (Wildman–Crippen MR) is 75.9 cm³/mol. The molecule has 0 heterocycles. The van der Waals surface area contributed by atoms with Crippen molar-refractivity contribution >= 4 is 23.2 Å². The third-order valence-corrected chi connectivity index (χ3v) is 2.82. The second-order valence-electron chi connectivity index (χ2n) is 3.72. The van der Waals surface area contributed by atoms with Gasteiger partial charge in [-0.2, -0.15) is 0 Å². The van der Waals surface area contributed by atoms with Crippen molar-refractivity contribution in [1.82, 2.24) is 5.32 Å². The van der Waals surface area contributed by atoms with Crippen molar-refractivity contribution in [1.29, 1.82) is 0 Å². The van der Waals surface area contributed by atoms with Crippen LogP contribution in [0.4, 0.5) is 0 Å². The van der Waals surface area contributed by atoms with Gasteiger partial charge in [0.25, 0.3) is 0 Å². The molecule has 102 valence electrons. The highest BCUT2D eigenvalue weighted by molar-refractivity contribution is 6.34. The minimum Gasteiger partial charge on any atom is -0.491 e. The van der Waals surface area contributed by atoms with Gasteiger partial charge in [0.15, 0.2) is 0 Å². The maximum atomic E-state index is 5.97. The van der Waals surface area contributed by atoms with Crippen molar-refractivity contribution in [2.24, 2.45) is 0 Å². The molecule has 0 unspecified atom stereocenters. The third-order valence-electron chi connectivity index (χ3n) is 2.28. The van der Waals surface area contributed by atoms with E-state index < -0.39 is 0 Å². The Morgan fingerprint density at radius 1 is 1.17 bits per heavy atom. The Morgan fingerprint density at radius 2 is 2.00 bits per heavy atom. The summed E-state index contributed by atoms with van der Waals surface area (Å²) in [6, 6.07) is 5.19. The molecule has 0 saturated heterocycles. The van der Waals surface area contributed by atoms with Crippen molar-refractivity contribution in [2.75, 3.05) is 32.9 Å². The van der Waals surface area contributed by atoms with E-state index in [1.165, 1.54) is 0 Å². The SMILES string of the molecule is CCOCCCNCCOc1cc(Cl)ccc1Cl. The lowest BCUT2D eigenvalue weighted by atomic mass is 10.3. The number of halogens is 2. The van der Waals surface area contributed by atoms with Crippen molar-refractivity contribution in [2.45, 2.75) is 13.3 Å². The van der Waals surface area contributed by atoms with Gasteiger partial charge >= 0.3 is 0 Å². The van der Waals surface area contributed by atoms with Crippen molar-refractivity contribution in [3.63, 3.8) is 0 Å². The van der Waals surface area contributed by atoms with Crippen LogP contribution in [0, 0.1) is 0 Å². The Labute approximate surface area is 118 Å². The van der Waals surface area contributed by atoms with Gasteiger partial charge in [-0.05, 0) is 32.0 Å². The minimum absolute atomic E-state index is 0.564. The normalized spacial score (nSPS) is 10.6. The van der Waals surface area contributed by atoms with Gasteiger partial charge in [-0.25, -0.2) is 0 Å². The van der Waals surface area contributed by atoms with E-state index in [9.17, 15) is 0 Å². The molecule has 0 fully saturated rings. The van der Waals surface area contributed by atoms with Gasteiger partial charge in [0.1, 0.15) is 12.4 Å². The highest BCUT2D eigenvalue weighted by Crippen LogP contribution is 2.27. The summed E-state index contributed by atoms with van der Waals surface area (Å²) in [7, 11) is 0. The van der Waals surface area contributed by atoms with E-state index in [4.69, 9.17) is 32.7 Å². The topological polar surface area (TPSA) is 30.5 Å². The lowest BCUT2D eigenvalue weighted by molar-refractivity contribution is 0.144. The lowest BCUT2D eigenvalue weighted by Crippen LogP contribution is -2.23. The number of nitrogens with one attached hydrogen (secondary N) is 1. The Bertz CT molecular complexity index is 348. The zero-order valence-electron chi connectivity index (χ0n) is 10.5. The van der Waals surface area contributed by atoms with Crippen molar-refractivity contribution in [3.8, 4) is 5.75 Å². The molecule has 18 heavy (non-hydrogen) atoms. The Balaban J connectivity index is 2.09. The van der Waals surface area contributed by atoms with Crippen LogP contribution < -0.4 is 10.1 Å². The van der Waals surface area contributed by atoms with E-state index in [2.05, 4.69) is 5.32 Å². The van der Waals surface area contributed by atoms with Crippen LogP contribution in [0.3, 0.4) is 0 Å². The molecule has 0 bridgehead atoms. The molecular weight excluding hydrogens is 273 g/mol. The molecular formula is C13H19Cl2NO2. The molecule has 0 saturated carbocycles. The van der Waals surface area contributed by atoms with E-state index >= 15 is 0 Å². The van der Waals surface area contributed by atoms with Crippen LogP contribution in [0.1, 0.15) is 13.3 Å². The quantitative estimate of drug-likeness (QED) is 0.708. The fourth-order valence-corrected chi connectivity index (χ4v) is 1.72. The molecule has 3 nitrogen and oxygen atoms in total. The monoisotopic (exact) mass is 291 g/mol. The van der Waals surface area contributed by atoms with Crippen LogP contribution in [0.15, 0.2) is 18.2 Å². The van der Waals surface area contributed by atoms with E-state index in [-0.39, 0.29) is 0 Å². The molecule has 1 N–H and O–H groups in total. The summed E-state index contributed by atoms with van der Waals surface area (Å²) < 4.78 is 10.8. The molecule has 0 aliphatic heterocycles. The third kappa shape index (κ3) is 6.45. The number of rotatable bonds is 9. The Kier molecular flexibility index (Phi) is 8.18. The number of ether oxygens (including phenoxy) is 2. The van der Waals surface area contributed by atoms with Crippen LogP contribution in [0.2, 0.25) is 10.0 Å². The molecule has 0 aliphatic rings. The van der Waals surface area contributed by atoms with Gasteiger partial charge in [0.05, 0.1) is 5.02 Å². The summed E-state index contributed by atoms with van der Waals surface area (Å²) in [5.74, 6) is 0.625. The van der Waals surface area contributed by atoms with Crippen LogP contribution >= 0.6 is 23.2 Å². The van der Waals surface area contributed by atoms with Gasteiger partial charge in [-0.15, -0.1) is 0 Å². The van der Waals surface area contributed by atoms with Crippen LogP contribution in [-0.4, -0.2) is 32.9 Å². The lowest BCUT2D eigenvalue weighted by Gasteiger charge is -2.09. The fourth-order valence-electron chi connectivity index (χ4n) is 1.39. The van der Waals surface area contributed by atoms with Gasteiger partial charge < -0.3 is 14.8 Å². The number of hydrogen-bond donors (Lipinski definition) is 1. The smallest absolute Gasteiger partial charge is 0.139 e. The second-order valence-corrected chi connectivity index (χ2v) is 4.57. The predicted octanol–water partition coefficient (Wildman–Crippen LogP) is 3.39. The molecule has 1 rings (SSSR count). The summed E-state index contributed by atoms with van der Waals surface area (Å²) >= 11 is 11.8. The first-order chi connectivity index (χ1) is 8.74. The minimum atomic E-state index is 0.564. The first-order valence-corrected chi connectivity index (χ1v) is 6.86. The van der Waals surface area contributed by atoms with E-state index in [1.54, 1.807) is 18.2 Å². The van der Waals surface area contributed by atoms with Gasteiger partial charge in [-0.3, -0.25) is 0 Å². The first kappa shape index (κ1) is 15.6. The molecule has 0 aromatic heterocycles. The zero-order valence-corrected chi connectivity index (χ0v) is 12.1. The number of benzene rings is 1. The molecule has 0 spiro atoms. The van der Waals surface area contributed by atoms with Gasteiger partial charge in [0, 0.05) is 30.8 Å². The van der Waals surface area contributed by atoms with Crippen LogP contribution in [-0.2, 0) is 4.74 Å². The summed E-state index contributed by atoms with van der Waals surface area (Å²) in [6.07, 6.45) is 1.01. The maximum absolute atomic E-state index is 5.97. The van der Waals surface area contributed by atoms with Crippen molar-refractivity contribution in [3.05, 3.63) is 28.2 Å². The molecule has 0 atom stereocenters. The Morgan fingerprint density at radius 3 is 2.78 bits per heavy atom. The molecule has 0 amide bonds. The van der Waals surface area contributed by atoms with E-state index in [0.717, 1.165) is 32.7 Å². The first-order valence-electron chi connectivity index (χ1n) is 6.10. The highest BCUT2D eigenvalue weighted by Gasteiger charge is 2.01. The number of hydrogen-bond acceptors (Lipinski definition) is 3. The van der Waals surface area contributed by atoms with E-state index in [0.29, 0.717) is 22.4 Å². The molecule has 1 aromatic rings. The van der Waals surface area contributed by atoms with Crippen molar-refractivity contribution < 1.29 is 9.47 Å². The maximum Gasteiger partial charge on any atom is 0.139 e. The van der Waals surface area contributed by atoms with Crippen LogP contribution in [0.5, 0.6) is 5.75 Å². The summed E-state index contributed by atoms with van der Waals surface area (Å²) in [6.45, 7) is 5.83. The fraction of sp³-hybridized carbons (Fsp3) is 0.538. The molecule has 1 aromatic carbocycles. The van der Waals surface area contributed by atoms with E-state index in [1.807, 2.05) is 6.92 Å². The second kappa shape index (κ2) is 9.45. The van der Waals surface area contributed by atoms with Gasteiger partial charge in [0.2, 0.25) is 0 Å². The average molecular weight is 292 g/mol.